The third kappa shape index (κ3) is 3.45. The Bertz CT molecular complexity index is 649. The fourth-order valence-corrected chi connectivity index (χ4v) is 3.01. The molecule has 7 nitrogen and oxygen atoms in total. The van der Waals surface area contributed by atoms with Gasteiger partial charge in [0.05, 0.1) is 12.4 Å². The monoisotopic (exact) mass is 318 g/mol. The molecule has 3 heterocycles. The molecule has 126 valence electrons. The first-order valence-electron chi connectivity index (χ1n) is 8.38. The lowest BCUT2D eigenvalue weighted by Crippen LogP contribution is -2.32. The van der Waals surface area contributed by atoms with Crippen molar-refractivity contribution >= 4 is 0 Å². The van der Waals surface area contributed by atoms with Crippen LogP contribution >= 0.6 is 0 Å². The average molecular weight is 318 g/mol. The molecule has 1 saturated heterocycles. The van der Waals surface area contributed by atoms with E-state index in [0.717, 1.165) is 26.1 Å². The molecule has 3 rings (SSSR count). The van der Waals surface area contributed by atoms with E-state index < -0.39 is 5.60 Å². The zero-order chi connectivity index (χ0) is 16.4. The molecule has 1 aliphatic rings. The van der Waals surface area contributed by atoms with Gasteiger partial charge in [-0.3, -0.25) is 9.58 Å². The fraction of sp³-hybridized carbons (Fsp3) is 0.688. The number of aliphatic hydroxyl groups is 1. The number of nitrogens with zero attached hydrogens (tertiary/aromatic N) is 6. The molecule has 0 bridgehead atoms. The zero-order valence-corrected chi connectivity index (χ0v) is 14.2. The van der Waals surface area contributed by atoms with E-state index in [4.69, 9.17) is 0 Å². The predicted molar refractivity (Wildman–Crippen MR) is 87.0 cm³/mol. The molecule has 0 aromatic carbocycles. The Balaban J connectivity index is 1.58. The summed E-state index contributed by atoms with van der Waals surface area (Å²) in [6, 6.07) is 0.257. The third-order valence-electron chi connectivity index (χ3n) is 4.57. The van der Waals surface area contributed by atoms with Gasteiger partial charge in [0, 0.05) is 38.4 Å². The minimum atomic E-state index is -0.874. The van der Waals surface area contributed by atoms with Gasteiger partial charge in [-0.05, 0) is 39.2 Å². The van der Waals surface area contributed by atoms with Crippen molar-refractivity contribution < 1.29 is 5.11 Å². The number of β-amino-alcohol motifs (C(OH)–C–C–N with tert-alkyl or cyclic N) is 1. The summed E-state index contributed by atoms with van der Waals surface area (Å²) in [5.74, 6) is 0. The van der Waals surface area contributed by atoms with Crippen LogP contribution in [0.4, 0.5) is 0 Å². The summed E-state index contributed by atoms with van der Waals surface area (Å²) in [5, 5.41) is 23.5. The van der Waals surface area contributed by atoms with Crippen molar-refractivity contribution in [3.63, 3.8) is 0 Å². The summed E-state index contributed by atoms with van der Waals surface area (Å²) in [6.45, 7) is 9.52. The van der Waals surface area contributed by atoms with Crippen molar-refractivity contribution in [2.24, 2.45) is 0 Å². The Hall–Kier alpha value is -1.73. The van der Waals surface area contributed by atoms with E-state index >= 15 is 0 Å². The second kappa shape index (κ2) is 6.41. The van der Waals surface area contributed by atoms with Crippen LogP contribution in [0.1, 0.15) is 44.5 Å². The summed E-state index contributed by atoms with van der Waals surface area (Å²) in [5.41, 5.74) is 1.06. The number of aryl methyl sites for hydroxylation is 1. The van der Waals surface area contributed by atoms with Crippen LogP contribution in [-0.4, -0.2) is 54.4 Å². The first-order valence-corrected chi connectivity index (χ1v) is 8.38. The molecule has 0 saturated carbocycles. The van der Waals surface area contributed by atoms with Crippen molar-refractivity contribution in [3.8, 4) is 0 Å². The molecule has 23 heavy (non-hydrogen) atoms. The van der Waals surface area contributed by atoms with E-state index in [-0.39, 0.29) is 6.04 Å². The topological polar surface area (TPSA) is 72.0 Å². The number of likely N-dealkylation sites (tertiary alicyclic amines) is 1. The highest BCUT2D eigenvalue weighted by molar-refractivity contribution is 5.12. The van der Waals surface area contributed by atoms with Crippen molar-refractivity contribution in [1.29, 1.82) is 0 Å². The van der Waals surface area contributed by atoms with Gasteiger partial charge in [-0.25, -0.2) is 4.68 Å². The minimum absolute atomic E-state index is 0.257. The Morgan fingerprint density at radius 3 is 2.83 bits per heavy atom. The molecule has 1 N–H and O–H groups in total. The van der Waals surface area contributed by atoms with E-state index in [1.807, 2.05) is 17.1 Å². The summed E-state index contributed by atoms with van der Waals surface area (Å²) in [6.07, 6.45) is 7.56. The lowest BCUT2D eigenvalue weighted by atomic mass is 10.00. The third-order valence-corrected chi connectivity index (χ3v) is 4.57. The van der Waals surface area contributed by atoms with Gasteiger partial charge in [0.2, 0.25) is 0 Å². The maximum absolute atomic E-state index is 10.9. The molecule has 0 spiro atoms. The van der Waals surface area contributed by atoms with Crippen LogP contribution in [0.5, 0.6) is 0 Å². The molecule has 1 aliphatic heterocycles. The van der Waals surface area contributed by atoms with Crippen molar-refractivity contribution in [3.05, 3.63) is 29.8 Å². The van der Waals surface area contributed by atoms with E-state index in [2.05, 4.69) is 47.3 Å². The van der Waals surface area contributed by atoms with E-state index in [1.165, 1.54) is 5.56 Å². The summed E-state index contributed by atoms with van der Waals surface area (Å²) < 4.78 is 3.75. The quantitative estimate of drug-likeness (QED) is 0.867. The van der Waals surface area contributed by atoms with Crippen LogP contribution in [0.25, 0.3) is 0 Å². The van der Waals surface area contributed by atoms with E-state index in [0.29, 0.717) is 18.7 Å². The van der Waals surface area contributed by atoms with Gasteiger partial charge in [0.1, 0.15) is 11.3 Å². The SMILES string of the molecule is CCn1cc(CCN2CC[C@](O)(c3cn(C(C)C)nn3)C2)cn1. The molecule has 2 aromatic rings. The molecular formula is C16H26N6O. The molecule has 0 aliphatic carbocycles. The first-order chi connectivity index (χ1) is 11.0. The van der Waals surface area contributed by atoms with Crippen molar-refractivity contribution in [1.82, 2.24) is 29.7 Å². The Kier molecular flexibility index (Phi) is 4.50. The summed E-state index contributed by atoms with van der Waals surface area (Å²) >= 11 is 0. The molecule has 0 unspecified atom stereocenters. The van der Waals surface area contributed by atoms with Crippen LogP contribution in [0.15, 0.2) is 18.6 Å². The van der Waals surface area contributed by atoms with Crippen LogP contribution in [-0.2, 0) is 18.6 Å². The largest absolute Gasteiger partial charge is 0.382 e. The van der Waals surface area contributed by atoms with Crippen LogP contribution in [0.3, 0.4) is 0 Å². The summed E-state index contributed by atoms with van der Waals surface area (Å²) in [4.78, 5) is 2.29. The van der Waals surface area contributed by atoms with Crippen molar-refractivity contribution in [2.45, 2.75) is 51.8 Å². The molecule has 0 amide bonds. The van der Waals surface area contributed by atoms with E-state index in [1.54, 1.807) is 4.68 Å². The minimum Gasteiger partial charge on any atom is -0.382 e. The number of hydrogen-bond acceptors (Lipinski definition) is 5. The van der Waals surface area contributed by atoms with Crippen LogP contribution < -0.4 is 0 Å². The van der Waals surface area contributed by atoms with E-state index in [9.17, 15) is 5.11 Å². The number of aromatic nitrogens is 5. The molecule has 1 fully saturated rings. The maximum Gasteiger partial charge on any atom is 0.124 e. The second-order valence-electron chi connectivity index (χ2n) is 6.69. The molecule has 7 heteroatoms. The fourth-order valence-electron chi connectivity index (χ4n) is 3.01. The Morgan fingerprint density at radius 1 is 1.35 bits per heavy atom. The zero-order valence-electron chi connectivity index (χ0n) is 14.2. The first kappa shape index (κ1) is 16.1. The standard InChI is InChI=1S/C16H26N6O/c1-4-21-10-14(9-17-21)5-7-20-8-6-16(23,12-20)15-11-22(13(2)3)19-18-15/h9-11,13,23H,4-8,12H2,1-3H3/t16-/m1/s1. The lowest BCUT2D eigenvalue weighted by molar-refractivity contribution is 0.0418. The van der Waals surface area contributed by atoms with Gasteiger partial charge >= 0.3 is 0 Å². The second-order valence-corrected chi connectivity index (χ2v) is 6.69. The highest BCUT2D eigenvalue weighted by atomic mass is 16.3. The molecule has 0 radical (unpaired) electrons. The van der Waals surface area contributed by atoms with Crippen LogP contribution in [0, 0.1) is 0 Å². The van der Waals surface area contributed by atoms with Crippen LogP contribution in [0.2, 0.25) is 0 Å². The van der Waals surface area contributed by atoms with Crippen molar-refractivity contribution in [2.75, 3.05) is 19.6 Å². The van der Waals surface area contributed by atoms with Gasteiger partial charge in [0.25, 0.3) is 0 Å². The lowest BCUT2D eigenvalue weighted by Gasteiger charge is -2.21. The predicted octanol–water partition coefficient (Wildman–Crippen LogP) is 1.21. The van der Waals surface area contributed by atoms with Gasteiger partial charge in [-0.2, -0.15) is 5.10 Å². The average Bonchev–Trinajstić information content (AvgIpc) is 3.25. The van der Waals surface area contributed by atoms with Gasteiger partial charge in [-0.1, -0.05) is 5.21 Å². The molecule has 1 atom stereocenters. The van der Waals surface area contributed by atoms with Gasteiger partial charge in [-0.15, -0.1) is 5.10 Å². The van der Waals surface area contributed by atoms with Gasteiger partial charge < -0.3 is 5.11 Å². The Labute approximate surface area is 136 Å². The highest BCUT2D eigenvalue weighted by Gasteiger charge is 2.39. The number of hydrogen-bond donors (Lipinski definition) is 1. The Morgan fingerprint density at radius 2 is 2.17 bits per heavy atom. The molecular weight excluding hydrogens is 292 g/mol. The number of rotatable bonds is 6. The normalized spacial score (nSPS) is 22.3. The molecule has 2 aromatic heterocycles. The summed E-state index contributed by atoms with van der Waals surface area (Å²) in [7, 11) is 0. The van der Waals surface area contributed by atoms with Gasteiger partial charge in [0.15, 0.2) is 0 Å². The maximum atomic E-state index is 10.9. The highest BCUT2D eigenvalue weighted by Crippen LogP contribution is 2.30. The smallest absolute Gasteiger partial charge is 0.124 e.